The van der Waals surface area contributed by atoms with E-state index < -0.39 is 0 Å². The van der Waals surface area contributed by atoms with Gasteiger partial charge in [-0.2, -0.15) is 5.10 Å². The zero-order chi connectivity index (χ0) is 12.6. The Hall–Kier alpha value is -1.41. The van der Waals surface area contributed by atoms with Crippen LogP contribution >= 0.6 is 27.3 Å². The summed E-state index contributed by atoms with van der Waals surface area (Å²) in [5, 5.41) is 7.27. The second-order valence-electron chi connectivity index (χ2n) is 3.39. The van der Waals surface area contributed by atoms with Crippen molar-refractivity contribution in [2.75, 3.05) is 11.1 Å². The van der Waals surface area contributed by atoms with Gasteiger partial charge in [-0.3, -0.25) is 14.8 Å². The van der Waals surface area contributed by atoms with E-state index in [2.05, 4.69) is 31.3 Å². The highest BCUT2D eigenvalue weighted by atomic mass is 79.9. The van der Waals surface area contributed by atoms with E-state index in [4.69, 9.17) is 5.73 Å². The Morgan fingerprint density at radius 1 is 1.65 bits per heavy atom. The van der Waals surface area contributed by atoms with Crippen molar-refractivity contribution in [2.24, 2.45) is 7.05 Å². The molecule has 0 spiro atoms. The summed E-state index contributed by atoms with van der Waals surface area (Å²) in [6, 6.07) is 0. The van der Waals surface area contributed by atoms with Gasteiger partial charge in [-0.25, -0.2) is 4.98 Å². The molecule has 2 aromatic rings. The van der Waals surface area contributed by atoms with Gasteiger partial charge >= 0.3 is 0 Å². The minimum Gasteiger partial charge on any atom is -0.395 e. The molecule has 8 heteroatoms. The minimum absolute atomic E-state index is 0.313. The number of aromatic nitrogens is 3. The van der Waals surface area contributed by atoms with Gasteiger partial charge in [-0.1, -0.05) is 11.3 Å². The van der Waals surface area contributed by atoms with Crippen LogP contribution in [0, 0.1) is 6.92 Å². The summed E-state index contributed by atoms with van der Waals surface area (Å²) in [4.78, 5) is 16.0. The van der Waals surface area contributed by atoms with Crippen molar-refractivity contribution in [3.8, 4) is 0 Å². The van der Waals surface area contributed by atoms with Crippen LogP contribution in [-0.2, 0) is 7.05 Å². The lowest BCUT2D eigenvalue weighted by Crippen LogP contribution is -2.17. The lowest BCUT2D eigenvalue weighted by atomic mass is 10.3. The van der Waals surface area contributed by atoms with Crippen molar-refractivity contribution in [1.29, 1.82) is 0 Å². The number of rotatable bonds is 2. The molecule has 90 valence electrons. The van der Waals surface area contributed by atoms with E-state index >= 15 is 0 Å². The maximum Gasteiger partial charge on any atom is 0.277 e. The van der Waals surface area contributed by atoms with Crippen molar-refractivity contribution in [1.82, 2.24) is 14.8 Å². The van der Waals surface area contributed by atoms with Gasteiger partial charge in [0.1, 0.15) is 5.69 Å². The fourth-order valence-corrected chi connectivity index (χ4v) is 2.51. The number of thiazole rings is 1. The number of aryl methyl sites for hydroxylation is 2. The molecule has 1 amide bonds. The Kier molecular flexibility index (Phi) is 3.16. The molecule has 17 heavy (non-hydrogen) atoms. The summed E-state index contributed by atoms with van der Waals surface area (Å²) in [6.45, 7) is 1.76. The number of carbonyl (C=O) groups is 1. The van der Waals surface area contributed by atoms with Crippen LogP contribution in [0.4, 0.5) is 10.8 Å². The van der Waals surface area contributed by atoms with Crippen molar-refractivity contribution >= 4 is 44.0 Å². The molecular formula is C9H10BrN5OS. The number of anilines is 2. The summed E-state index contributed by atoms with van der Waals surface area (Å²) in [7, 11) is 1.68. The van der Waals surface area contributed by atoms with Gasteiger partial charge < -0.3 is 5.73 Å². The SMILES string of the molecule is Cc1nn(C)c(C(=O)Nc2ncc(Br)s2)c1N. The van der Waals surface area contributed by atoms with Gasteiger partial charge in [-0.15, -0.1) is 0 Å². The Labute approximate surface area is 110 Å². The maximum absolute atomic E-state index is 12.0. The average Bonchev–Trinajstić information content (AvgIpc) is 2.73. The first-order valence-electron chi connectivity index (χ1n) is 4.70. The molecule has 0 aliphatic rings. The van der Waals surface area contributed by atoms with Crippen molar-refractivity contribution in [3.63, 3.8) is 0 Å². The Bertz CT molecular complexity index is 576. The molecule has 0 atom stereocenters. The number of nitrogens with two attached hydrogens (primary N) is 1. The van der Waals surface area contributed by atoms with Crippen LogP contribution in [0.25, 0.3) is 0 Å². The zero-order valence-electron chi connectivity index (χ0n) is 9.19. The van der Waals surface area contributed by atoms with Crippen LogP contribution in [0.15, 0.2) is 9.98 Å². The van der Waals surface area contributed by atoms with Crippen LogP contribution in [0.3, 0.4) is 0 Å². The first kappa shape index (κ1) is 12.1. The van der Waals surface area contributed by atoms with Crippen molar-refractivity contribution < 1.29 is 4.79 Å². The molecule has 0 aromatic carbocycles. The summed E-state index contributed by atoms with van der Waals surface area (Å²) >= 11 is 4.61. The fraction of sp³-hybridized carbons (Fsp3) is 0.222. The second kappa shape index (κ2) is 4.46. The van der Waals surface area contributed by atoms with Crippen molar-refractivity contribution in [2.45, 2.75) is 6.92 Å². The molecule has 2 heterocycles. The predicted molar refractivity (Wildman–Crippen MR) is 70.1 cm³/mol. The second-order valence-corrected chi connectivity index (χ2v) is 5.80. The number of carbonyl (C=O) groups excluding carboxylic acids is 1. The van der Waals surface area contributed by atoms with Crippen LogP contribution in [0.5, 0.6) is 0 Å². The summed E-state index contributed by atoms with van der Waals surface area (Å²) < 4.78 is 2.31. The number of hydrogen-bond donors (Lipinski definition) is 2. The number of nitrogens with zero attached hydrogens (tertiary/aromatic N) is 3. The molecule has 0 radical (unpaired) electrons. The van der Waals surface area contributed by atoms with Crippen LogP contribution in [0.2, 0.25) is 0 Å². The summed E-state index contributed by atoms with van der Waals surface area (Å²) in [5.41, 5.74) is 7.16. The van der Waals surface area contributed by atoms with E-state index in [9.17, 15) is 4.79 Å². The highest BCUT2D eigenvalue weighted by Gasteiger charge is 2.18. The molecular weight excluding hydrogens is 306 g/mol. The van der Waals surface area contributed by atoms with E-state index in [1.54, 1.807) is 20.2 Å². The van der Waals surface area contributed by atoms with E-state index in [-0.39, 0.29) is 5.91 Å². The number of nitrogen functional groups attached to an aromatic ring is 1. The quantitative estimate of drug-likeness (QED) is 0.884. The zero-order valence-corrected chi connectivity index (χ0v) is 11.6. The molecule has 0 unspecified atom stereocenters. The summed E-state index contributed by atoms with van der Waals surface area (Å²) in [6.07, 6.45) is 1.62. The predicted octanol–water partition coefficient (Wildman–Crippen LogP) is 1.78. The van der Waals surface area contributed by atoms with Gasteiger partial charge in [0.05, 0.1) is 21.4 Å². The largest absolute Gasteiger partial charge is 0.395 e. The highest BCUT2D eigenvalue weighted by molar-refractivity contribution is 9.11. The van der Waals surface area contributed by atoms with Gasteiger partial charge in [0, 0.05) is 7.05 Å². The van der Waals surface area contributed by atoms with Crippen LogP contribution in [-0.4, -0.2) is 20.7 Å². The topological polar surface area (TPSA) is 85.8 Å². The molecule has 2 rings (SSSR count). The first-order chi connectivity index (χ1) is 7.99. The Balaban J connectivity index is 2.26. The van der Waals surface area contributed by atoms with Gasteiger partial charge in [0.25, 0.3) is 5.91 Å². The normalized spacial score (nSPS) is 10.5. The number of halogens is 1. The van der Waals surface area contributed by atoms with Crippen molar-refractivity contribution in [3.05, 3.63) is 21.4 Å². The van der Waals surface area contributed by atoms with E-state index in [0.29, 0.717) is 22.2 Å². The van der Waals surface area contributed by atoms with Crippen LogP contribution in [0.1, 0.15) is 16.2 Å². The first-order valence-corrected chi connectivity index (χ1v) is 6.31. The van der Waals surface area contributed by atoms with Gasteiger partial charge in [-0.05, 0) is 22.9 Å². The molecule has 2 aromatic heterocycles. The third kappa shape index (κ3) is 2.32. The van der Waals surface area contributed by atoms with Gasteiger partial charge in [0.2, 0.25) is 0 Å². The summed E-state index contributed by atoms with van der Waals surface area (Å²) in [5.74, 6) is -0.313. The Morgan fingerprint density at radius 3 is 2.82 bits per heavy atom. The van der Waals surface area contributed by atoms with Gasteiger partial charge in [0.15, 0.2) is 5.13 Å². The van der Waals surface area contributed by atoms with E-state index in [1.807, 2.05) is 0 Å². The molecule has 6 nitrogen and oxygen atoms in total. The van der Waals surface area contributed by atoms with Crippen LogP contribution < -0.4 is 11.1 Å². The lowest BCUT2D eigenvalue weighted by Gasteiger charge is -2.02. The molecule has 0 aliphatic heterocycles. The highest BCUT2D eigenvalue weighted by Crippen LogP contribution is 2.24. The molecule has 0 saturated heterocycles. The molecule has 0 aliphatic carbocycles. The Morgan fingerprint density at radius 2 is 2.35 bits per heavy atom. The number of amides is 1. The molecule has 0 fully saturated rings. The molecule has 3 N–H and O–H groups in total. The third-order valence-electron chi connectivity index (χ3n) is 2.18. The lowest BCUT2D eigenvalue weighted by molar-refractivity contribution is 0.101. The number of hydrogen-bond acceptors (Lipinski definition) is 5. The molecule has 0 bridgehead atoms. The number of nitrogens with one attached hydrogen (secondary N) is 1. The van der Waals surface area contributed by atoms with E-state index in [1.165, 1.54) is 16.0 Å². The maximum atomic E-state index is 12.0. The van der Waals surface area contributed by atoms with E-state index in [0.717, 1.165) is 3.79 Å². The third-order valence-corrected chi connectivity index (χ3v) is 3.57. The standard InChI is InChI=1S/C9H10BrN5OS/c1-4-6(11)7(15(2)14-4)8(16)13-9-12-3-5(10)17-9/h3H,11H2,1-2H3,(H,12,13,16). The minimum atomic E-state index is -0.313. The average molecular weight is 316 g/mol. The monoisotopic (exact) mass is 315 g/mol. The molecule has 0 saturated carbocycles. The smallest absolute Gasteiger partial charge is 0.277 e. The fourth-order valence-electron chi connectivity index (χ4n) is 1.41.